The van der Waals surface area contributed by atoms with E-state index in [1.165, 1.54) is 25.1 Å². The number of nitrogens with zero attached hydrogens (tertiary/aromatic N) is 2. The van der Waals surface area contributed by atoms with Crippen molar-refractivity contribution in [1.29, 1.82) is 5.26 Å². The van der Waals surface area contributed by atoms with E-state index in [2.05, 4.69) is 9.44 Å². The summed E-state index contributed by atoms with van der Waals surface area (Å²) in [6.45, 7) is 1.74. The number of nitrogens with one attached hydrogen (secondary N) is 2. The Kier molecular flexibility index (Phi) is 11.0. The maximum atomic E-state index is 12.8. The van der Waals surface area contributed by atoms with Crippen LogP contribution in [-0.4, -0.2) is 91.4 Å². The first-order valence-corrected chi connectivity index (χ1v) is 12.2. The van der Waals surface area contributed by atoms with Crippen LogP contribution in [0.3, 0.4) is 0 Å². The molecule has 0 aliphatic carbocycles. The summed E-state index contributed by atoms with van der Waals surface area (Å²) in [5.74, 6) is 0.0662. The number of hydrogen-bond acceptors (Lipinski definition) is 7. The summed E-state index contributed by atoms with van der Waals surface area (Å²) in [7, 11) is -0.796. The fraction of sp³-hybridized carbons (Fsp3) is 0.261. The van der Waals surface area contributed by atoms with Gasteiger partial charge >= 0.3 is 63.1 Å². The van der Waals surface area contributed by atoms with Crippen molar-refractivity contribution in [2.45, 2.75) is 19.8 Å². The van der Waals surface area contributed by atoms with Crippen LogP contribution in [0, 0.1) is 18.3 Å². The van der Waals surface area contributed by atoms with Gasteiger partial charge in [-0.1, -0.05) is 23.7 Å². The van der Waals surface area contributed by atoms with E-state index in [0.717, 1.165) is 0 Å². The summed E-state index contributed by atoms with van der Waals surface area (Å²) in [4.78, 5) is 25.9. The molecule has 0 fully saturated rings. The average molecular weight is 559 g/mol. The third kappa shape index (κ3) is 7.77. The monoisotopic (exact) mass is 558 g/mol. The van der Waals surface area contributed by atoms with Gasteiger partial charge in [0.2, 0.25) is 0 Å². The summed E-state index contributed by atoms with van der Waals surface area (Å²) in [6.07, 6.45) is -0.407. The van der Waals surface area contributed by atoms with Crippen molar-refractivity contribution in [2.24, 2.45) is 0 Å². The fourth-order valence-corrected chi connectivity index (χ4v) is 4.32. The zero-order chi connectivity index (χ0) is 25.8. The number of aryl methyl sites for hydroxylation is 1. The van der Waals surface area contributed by atoms with Crippen molar-refractivity contribution in [3.8, 4) is 11.8 Å². The third-order valence-corrected chi connectivity index (χ3v) is 6.38. The first-order valence-electron chi connectivity index (χ1n) is 10.4. The van der Waals surface area contributed by atoms with Gasteiger partial charge in [-0.2, -0.15) is 18.4 Å². The maximum absolute atomic E-state index is 12.8. The van der Waals surface area contributed by atoms with E-state index in [1.54, 1.807) is 37.3 Å². The van der Waals surface area contributed by atoms with Crippen molar-refractivity contribution in [3.05, 3.63) is 68.5 Å². The van der Waals surface area contributed by atoms with E-state index in [9.17, 15) is 18.0 Å². The number of fused-ring (bicyclic) bond motifs is 1. The molecule has 0 aliphatic heterocycles. The molecule has 186 valence electrons. The van der Waals surface area contributed by atoms with Gasteiger partial charge in [-0.15, -0.1) is 0 Å². The van der Waals surface area contributed by atoms with Crippen LogP contribution >= 0.6 is 11.6 Å². The van der Waals surface area contributed by atoms with Crippen LogP contribution in [0.25, 0.3) is 11.0 Å². The molecule has 2 N–H and O–H groups in total. The topological polar surface area (TPSA) is 142 Å². The van der Waals surface area contributed by atoms with Crippen LogP contribution in [0.1, 0.15) is 23.1 Å². The third-order valence-electron chi connectivity index (χ3n) is 4.99. The number of benzene rings is 2. The molecule has 3 rings (SSSR count). The SMILES string of the molecule is Cc1c(Cc2cccc(NS(=O)(=O)NCCC#N)c2)c(=O)oc2cc(OC(=O)N(C)C)c(Cl)cc12.[KH]. The standard InChI is InChI=1S/C23H23ClN4O6S.K.H/c1-14-17-12-19(24)21(34-23(30)28(2)3)13-20(17)33-22(29)18(14)11-15-6-4-7-16(10-15)27-35(31,32)26-9-5-8-25;;/h4,6-7,10,12-13,26-27H,5,9,11H2,1-3H3;;. The van der Waals surface area contributed by atoms with Gasteiger partial charge in [0.1, 0.15) is 5.58 Å². The van der Waals surface area contributed by atoms with Gasteiger partial charge in [-0.3, -0.25) is 4.72 Å². The van der Waals surface area contributed by atoms with E-state index in [4.69, 9.17) is 26.0 Å². The number of nitriles is 1. The molecule has 0 bridgehead atoms. The Labute approximate surface area is 256 Å². The van der Waals surface area contributed by atoms with Crippen LogP contribution in [-0.2, 0) is 16.6 Å². The summed E-state index contributed by atoms with van der Waals surface area (Å²) in [5, 5.41) is 9.31. The molecule has 1 heterocycles. The molecule has 1 amide bonds. The van der Waals surface area contributed by atoms with Gasteiger partial charge in [0.15, 0.2) is 5.75 Å². The molecule has 0 saturated carbocycles. The second-order valence-corrected chi connectivity index (χ2v) is 9.73. The molecular formula is C23H24ClKN4O6S. The molecule has 0 aliphatic rings. The van der Waals surface area contributed by atoms with Crippen molar-refractivity contribution in [3.63, 3.8) is 0 Å². The fourth-order valence-electron chi connectivity index (χ4n) is 3.24. The second-order valence-electron chi connectivity index (χ2n) is 7.82. The first kappa shape index (κ1) is 30.3. The van der Waals surface area contributed by atoms with Crippen molar-refractivity contribution >= 4 is 95.9 Å². The zero-order valence-corrected chi connectivity index (χ0v) is 20.8. The van der Waals surface area contributed by atoms with E-state index in [1.807, 2.05) is 6.07 Å². The van der Waals surface area contributed by atoms with Gasteiger partial charge in [-0.05, 0) is 36.2 Å². The molecule has 0 spiro atoms. The summed E-state index contributed by atoms with van der Waals surface area (Å²) >= 11 is 6.30. The Morgan fingerprint density at radius 2 is 1.97 bits per heavy atom. The molecule has 10 nitrogen and oxygen atoms in total. The van der Waals surface area contributed by atoms with E-state index in [0.29, 0.717) is 27.8 Å². The number of anilines is 1. The van der Waals surface area contributed by atoms with Crippen molar-refractivity contribution < 1.29 is 22.4 Å². The number of halogens is 1. The molecule has 0 saturated heterocycles. The molecule has 36 heavy (non-hydrogen) atoms. The Bertz CT molecular complexity index is 1480. The molecule has 0 unspecified atom stereocenters. The molecule has 2 aromatic carbocycles. The Morgan fingerprint density at radius 1 is 1.25 bits per heavy atom. The summed E-state index contributed by atoms with van der Waals surface area (Å²) in [6, 6.07) is 11.4. The van der Waals surface area contributed by atoms with Crippen LogP contribution in [0.4, 0.5) is 10.5 Å². The number of carbonyl (C=O) groups excluding carboxylic acids is 1. The van der Waals surface area contributed by atoms with Crippen LogP contribution in [0.2, 0.25) is 5.02 Å². The molecule has 1 aromatic heterocycles. The van der Waals surface area contributed by atoms with E-state index in [-0.39, 0.29) is 87.1 Å². The quantitative estimate of drug-likeness (QED) is 0.246. The van der Waals surface area contributed by atoms with Crippen molar-refractivity contribution in [2.75, 3.05) is 25.4 Å². The van der Waals surface area contributed by atoms with E-state index < -0.39 is 21.9 Å². The van der Waals surface area contributed by atoms with Gasteiger partial charge in [0.05, 0.1) is 16.8 Å². The Balaban J connectivity index is 0.00000456. The zero-order valence-electron chi connectivity index (χ0n) is 19.2. The number of ether oxygens (including phenoxy) is 1. The predicted molar refractivity (Wildman–Crippen MR) is 139 cm³/mol. The van der Waals surface area contributed by atoms with Crippen LogP contribution in [0.5, 0.6) is 5.75 Å². The van der Waals surface area contributed by atoms with Gasteiger partial charge in [0, 0.05) is 50.5 Å². The van der Waals surface area contributed by atoms with Crippen molar-refractivity contribution in [1.82, 2.24) is 9.62 Å². The molecule has 0 radical (unpaired) electrons. The number of carbonyl (C=O) groups is 1. The molecule has 3 aromatic rings. The van der Waals surface area contributed by atoms with Gasteiger partial charge in [0.25, 0.3) is 10.2 Å². The normalized spacial score (nSPS) is 10.9. The van der Waals surface area contributed by atoms with Gasteiger partial charge in [-0.25, -0.2) is 9.59 Å². The number of hydrogen-bond donors (Lipinski definition) is 2. The Hall–Kier alpha value is -1.95. The second kappa shape index (κ2) is 13.0. The van der Waals surface area contributed by atoms with Gasteiger partial charge < -0.3 is 14.1 Å². The minimum absolute atomic E-state index is 0. The number of rotatable bonds is 8. The van der Waals surface area contributed by atoms with Crippen LogP contribution in [0.15, 0.2) is 45.6 Å². The van der Waals surface area contributed by atoms with Crippen LogP contribution < -0.4 is 19.8 Å². The molecular weight excluding hydrogens is 535 g/mol. The number of amides is 1. The molecule has 13 heteroatoms. The average Bonchev–Trinajstić information content (AvgIpc) is 2.78. The first-order chi connectivity index (χ1) is 16.5. The summed E-state index contributed by atoms with van der Waals surface area (Å²) in [5.41, 5.74) is 1.61. The minimum atomic E-state index is -3.85. The molecule has 0 atom stereocenters. The van der Waals surface area contributed by atoms with E-state index >= 15 is 0 Å². The summed E-state index contributed by atoms with van der Waals surface area (Å²) < 4.78 is 39.6. The Morgan fingerprint density at radius 3 is 2.64 bits per heavy atom. The predicted octanol–water partition coefficient (Wildman–Crippen LogP) is 2.92.